The molecule has 0 saturated heterocycles. The first-order chi connectivity index (χ1) is 19.6. The van der Waals surface area contributed by atoms with Crippen molar-refractivity contribution in [2.45, 2.75) is 44.6 Å². The molecule has 0 aliphatic heterocycles. The number of hydrogen-bond acceptors (Lipinski definition) is 7. The van der Waals surface area contributed by atoms with Crippen LogP contribution in [-0.2, 0) is 16.7 Å². The van der Waals surface area contributed by atoms with Crippen molar-refractivity contribution in [3.63, 3.8) is 0 Å². The minimum Gasteiger partial charge on any atom is -0.478 e. The highest BCUT2D eigenvalue weighted by atomic mass is 32.2. The van der Waals surface area contributed by atoms with Gasteiger partial charge in [-0.3, -0.25) is 4.55 Å². The minimum absolute atomic E-state index is 0.275. The molecular weight excluding hydrogens is 558 g/mol. The summed E-state index contributed by atoms with van der Waals surface area (Å²) in [5, 5.41) is 15.5. The average molecular weight is 594 g/mol. The quantitative estimate of drug-likeness (QED) is 0.180. The van der Waals surface area contributed by atoms with Gasteiger partial charge in [-0.1, -0.05) is 55.7 Å². The van der Waals surface area contributed by atoms with Gasteiger partial charge in [-0.2, -0.15) is 8.42 Å². The van der Waals surface area contributed by atoms with E-state index in [1.807, 2.05) is 17.3 Å². The Bertz CT molecular complexity index is 1520. The molecule has 0 spiro atoms. The maximum atomic E-state index is 11.1. The fraction of sp³-hybridized carbons (Fsp3) is 0.290. The Kier molecular flexibility index (Phi) is 10.1. The molecule has 1 aliphatic rings. The van der Waals surface area contributed by atoms with E-state index in [4.69, 9.17) is 14.6 Å². The lowest BCUT2D eigenvalue weighted by atomic mass is 9.84. The first-order valence-corrected chi connectivity index (χ1v) is 16.2. The zero-order valence-corrected chi connectivity index (χ0v) is 24.8. The molecule has 3 N–H and O–H groups in total. The van der Waals surface area contributed by atoms with E-state index in [-0.39, 0.29) is 5.56 Å². The number of aromatic carboxylic acids is 1. The molecule has 5 rings (SSSR count). The molecule has 1 heterocycles. The summed E-state index contributed by atoms with van der Waals surface area (Å²) < 4.78 is 25.9. The van der Waals surface area contributed by atoms with Gasteiger partial charge in [0.05, 0.1) is 17.5 Å². The van der Waals surface area contributed by atoms with Gasteiger partial charge in [0.25, 0.3) is 10.1 Å². The number of anilines is 3. The van der Waals surface area contributed by atoms with E-state index in [1.54, 1.807) is 35.6 Å². The number of carboxylic acid groups (broad SMARTS) is 1. The summed E-state index contributed by atoms with van der Waals surface area (Å²) in [6.07, 6.45) is 7.51. The number of carbonyl (C=O) groups is 1. The molecule has 10 heteroatoms. The fourth-order valence-electron chi connectivity index (χ4n) is 4.80. The standard InChI is InChI=1S/C30H31N3O2S.CH4O3S/c1-33(27-17-13-25(14-18-27)29(34)35)30-32-28(20-36-30)24-11-15-26(16-12-24)31-19-21-7-9-23(10-8-21)22-5-3-2-4-6-22;1-5(2,3)4/h7-18,20,22,31H,2-6,19H2,1H3,(H,34,35);1H3,(H,2,3,4). The van der Waals surface area contributed by atoms with E-state index in [1.165, 1.54) is 43.2 Å². The second kappa shape index (κ2) is 13.8. The van der Waals surface area contributed by atoms with Gasteiger partial charge in [-0.05, 0) is 66.3 Å². The van der Waals surface area contributed by atoms with E-state index < -0.39 is 16.1 Å². The summed E-state index contributed by atoms with van der Waals surface area (Å²) in [4.78, 5) is 17.8. The number of aromatic nitrogens is 1. The fourth-order valence-corrected chi connectivity index (χ4v) is 5.62. The van der Waals surface area contributed by atoms with Gasteiger partial charge in [0, 0.05) is 35.9 Å². The van der Waals surface area contributed by atoms with E-state index >= 15 is 0 Å². The zero-order valence-electron chi connectivity index (χ0n) is 23.2. The lowest BCUT2D eigenvalue weighted by Crippen LogP contribution is -2.09. The highest BCUT2D eigenvalue weighted by Crippen LogP contribution is 2.33. The molecule has 1 fully saturated rings. The number of hydrogen-bond donors (Lipinski definition) is 3. The first kappa shape index (κ1) is 30.2. The molecule has 0 atom stereocenters. The van der Waals surface area contributed by atoms with Crippen molar-refractivity contribution < 1.29 is 22.9 Å². The first-order valence-electron chi connectivity index (χ1n) is 13.4. The molecule has 1 saturated carbocycles. The highest BCUT2D eigenvalue weighted by molar-refractivity contribution is 7.85. The van der Waals surface area contributed by atoms with Gasteiger partial charge in [-0.25, -0.2) is 9.78 Å². The molecule has 0 amide bonds. The highest BCUT2D eigenvalue weighted by Gasteiger charge is 2.15. The third-order valence-corrected chi connectivity index (χ3v) is 7.93. The van der Waals surface area contributed by atoms with E-state index in [0.717, 1.165) is 40.2 Å². The molecule has 3 aromatic carbocycles. The van der Waals surface area contributed by atoms with Crippen LogP contribution in [0.1, 0.15) is 59.5 Å². The third kappa shape index (κ3) is 9.14. The largest absolute Gasteiger partial charge is 0.478 e. The second-order valence-electron chi connectivity index (χ2n) is 10.2. The van der Waals surface area contributed by atoms with Crippen molar-refractivity contribution in [2.24, 2.45) is 0 Å². The lowest BCUT2D eigenvalue weighted by Gasteiger charge is -2.22. The summed E-state index contributed by atoms with van der Waals surface area (Å²) in [5.74, 6) is -0.178. The Balaban J connectivity index is 0.000000714. The van der Waals surface area contributed by atoms with Gasteiger partial charge in [-0.15, -0.1) is 11.3 Å². The molecule has 1 aliphatic carbocycles. The summed E-state index contributed by atoms with van der Waals surface area (Å²) in [7, 11) is -1.73. The molecule has 0 bridgehead atoms. The Morgan fingerprint density at radius 2 is 1.59 bits per heavy atom. The Morgan fingerprint density at radius 1 is 0.976 bits per heavy atom. The number of nitrogens with one attached hydrogen (secondary N) is 1. The topological polar surface area (TPSA) is 120 Å². The van der Waals surface area contributed by atoms with Crippen molar-refractivity contribution in [3.05, 3.63) is 94.9 Å². The Hall–Kier alpha value is -3.73. The molecule has 1 aromatic heterocycles. The van der Waals surface area contributed by atoms with Crippen molar-refractivity contribution >= 4 is 43.9 Å². The smallest absolute Gasteiger partial charge is 0.335 e. The van der Waals surface area contributed by atoms with Crippen LogP contribution in [0.15, 0.2) is 78.2 Å². The molecule has 0 radical (unpaired) electrons. The lowest BCUT2D eigenvalue weighted by molar-refractivity contribution is 0.0697. The van der Waals surface area contributed by atoms with Crippen LogP contribution >= 0.6 is 11.3 Å². The van der Waals surface area contributed by atoms with Gasteiger partial charge in [0.2, 0.25) is 0 Å². The number of nitrogens with zero attached hydrogens (tertiary/aromatic N) is 2. The summed E-state index contributed by atoms with van der Waals surface area (Å²) in [5.41, 5.74) is 7.03. The minimum atomic E-state index is -3.67. The summed E-state index contributed by atoms with van der Waals surface area (Å²) >= 11 is 1.56. The zero-order chi connectivity index (χ0) is 29.4. The molecule has 4 aromatic rings. The molecule has 8 nitrogen and oxygen atoms in total. The van der Waals surface area contributed by atoms with Gasteiger partial charge in [0.1, 0.15) is 0 Å². The van der Waals surface area contributed by atoms with Crippen molar-refractivity contribution in [1.82, 2.24) is 4.98 Å². The van der Waals surface area contributed by atoms with Crippen molar-refractivity contribution in [2.75, 3.05) is 23.5 Å². The van der Waals surface area contributed by atoms with Crippen LogP contribution < -0.4 is 10.2 Å². The average Bonchev–Trinajstić information content (AvgIpc) is 3.46. The summed E-state index contributed by atoms with van der Waals surface area (Å²) in [6.45, 7) is 0.802. The molecule has 0 unspecified atom stereocenters. The van der Waals surface area contributed by atoms with Crippen LogP contribution in [0.4, 0.5) is 16.5 Å². The van der Waals surface area contributed by atoms with Crippen molar-refractivity contribution in [1.29, 1.82) is 0 Å². The van der Waals surface area contributed by atoms with Crippen LogP contribution in [0, 0.1) is 0 Å². The maximum absolute atomic E-state index is 11.1. The number of thiazole rings is 1. The number of rotatable bonds is 8. The monoisotopic (exact) mass is 593 g/mol. The second-order valence-corrected chi connectivity index (χ2v) is 12.5. The van der Waals surface area contributed by atoms with E-state index in [2.05, 4.69) is 53.8 Å². The van der Waals surface area contributed by atoms with Crippen LogP contribution in [0.2, 0.25) is 0 Å². The molecule has 216 valence electrons. The van der Waals surface area contributed by atoms with Crippen LogP contribution in [0.25, 0.3) is 11.3 Å². The summed E-state index contributed by atoms with van der Waals surface area (Å²) in [6, 6.07) is 24.3. The van der Waals surface area contributed by atoms with E-state index in [9.17, 15) is 13.2 Å². The van der Waals surface area contributed by atoms with Crippen LogP contribution in [-0.4, -0.2) is 42.3 Å². The van der Waals surface area contributed by atoms with Crippen molar-refractivity contribution in [3.8, 4) is 11.3 Å². The predicted octanol–water partition coefficient (Wildman–Crippen LogP) is 7.44. The number of carboxylic acids is 1. The molecule has 41 heavy (non-hydrogen) atoms. The maximum Gasteiger partial charge on any atom is 0.335 e. The molecular formula is C31H35N3O5S2. The van der Waals surface area contributed by atoms with Crippen LogP contribution in [0.3, 0.4) is 0 Å². The van der Waals surface area contributed by atoms with Crippen LogP contribution in [0.5, 0.6) is 0 Å². The Morgan fingerprint density at radius 3 is 2.17 bits per heavy atom. The van der Waals surface area contributed by atoms with Gasteiger partial charge >= 0.3 is 5.97 Å². The Labute approximate surface area is 245 Å². The van der Waals surface area contributed by atoms with Gasteiger partial charge < -0.3 is 15.3 Å². The normalized spacial score (nSPS) is 13.6. The third-order valence-electron chi connectivity index (χ3n) is 7.01. The SMILES string of the molecule is CN(c1ccc(C(=O)O)cc1)c1nc(-c2ccc(NCc3ccc(C4CCCCC4)cc3)cc2)cs1.CS(=O)(=O)O. The predicted molar refractivity (Wildman–Crippen MR) is 166 cm³/mol. The number of benzene rings is 3. The van der Waals surface area contributed by atoms with E-state index in [0.29, 0.717) is 6.26 Å². The van der Waals surface area contributed by atoms with Gasteiger partial charge in [0.15, 0.2) is 5.13 Å².